The average molecular weight is 117 g/mol. The molecular weight excluding hydrogens is 106 g/mol. The van der Waals surface area contributed by atoms with Crippen molar-refractivity contribution in [2.75, 3.05) is 6.61 Å². The van der Waals surface area contributed by atoms with Gasteiger partial charge in [0.25, 0.3) is 0 Å². The van der Waals surface area contributed by atoms with Crippen LogP contribution in [-0.2, 0) is 4.84 Å². The molecular formula is C5H11NO2. The van der Waals surface area contributed by atoms with Crippen LogP contribution in [0.25, 0.3) is 0 Å². The molecule has 1 unspecified atom stereocenters. The lowest BCUT2D eigenvalue weighted by molar-refractivity contribution is 0.155. The van der Waals surface area contributed by atoms with Crippen molar-refractivity contribution < 1.29 is 9.94 Å². The monoisotopic (exact) mass is 117 g/mol. The van der Waals surface area contributed by atoms with E-state index in [0.29, 0.717) is 6.61 Å². The molecule has 0 aromatic rings. The zero-order valence-electron chi connectivity index (χ0n) is 5.16. The van der Waals surface area contributed by atoms with Crippen LogP contribution >= 0.6 is 0 Å². The van der Waals surface area contributed by atoms with Gasteiger partial charge in [-0.15, -0.1) is 0 Å². The first-order valence-corrected chi connectivity index (χ1v) is 2.61. The van der Waals surface area contributed by atoms with E-state index in [1.54, 1.807) is 6.92 Å². The number of aliphatic hydroxyl groups is 1. The predicted molar refractivity (Wildman–Crippen MR) is 31.8 cm³/mol. The molecule has 0 aliphatic heterocycles. The Hall–Kier alpha value is -0.570. The highest BCUT2D eigenvalue weighted by atomic mass is 16.6. The minimum Gasteiger partial charge on any atom is -0.396 e. The molecule has 0 rings (SSSR count). The fourth-order valence-corrected chi connectivity index (χ4v) is 0.206. The number of hydrogen-bond acceptors (Lipinski definition) is 3. The molecule has 3 nitrogen and oxygen atoms in total. The first-order valence-electron chi connectivity index (χ1n) is 2.61. The number of oxime groups is 1. The van der Waals surface area contributed by atoms with Gasteiger partial charge < -0.3 is 9.94 Å². The minimum absolute atomic E-state index is 0.512. The maximum Gasteiger partial charge on any atom is 0.114 e. The van der Waals surface area contributed by atoms with E-state index in [4.69, 9.17) is 5.11 Å². The van der Waals surface area contributed by atoms with Gasteiger partial charge in [-0.2, -0.15) is 0 Å². The van der Waals surface area contributed by atoms with Crippen LogP contribution in [0.1, 0.15) is 13.8 Å². The van der Waals surface area contributed by atoms with Crippen LogP contribution < -0.4 is 0 Å². The van der Waals surface area contributed by atoms with Gasteiger partial charge in [-0.1, -0.05) is 5.16 Å². The molecule has 0 aliphatic rings. The molecule has 0 aromatic carbocycles. The molecule has 1 atom stereocenters. The molecule has 0 fully saturated rings. The third-order valence-corrected chi connectivity index (χ3v) is 0.480. The molecule has 0 spiro atoms. The molecule has 0 radical (unpaired) electrons. The largest absolute Gasteiger partial charge is 0.396 e. The first-order chi connectivity index (χ1) is 3.77. The first kappa shape index (κ1) is 7.43. The Bertz CT molecular complexity index is 70.8. The average Bonchev–Trinajstić information content (AvgIpc) is 1.66. The molecule has 3 heteroatoms. The summed E-state index contributed by atoms with van der Waals surface area (Å²) in [6, 6.07) is 0. The van der Waals surface area contributed by atoms with E-state index >= 15 is 0 Å². The van der Waals surface area contributed by atoms with E-state index in [-0.39, 0.29) is 0 Å². The van der Waals surface area contributed by atoms with Gasteiger partial charge in [-0.25, -0.2) is 0 Å². The number of rotatable bonds is 3. The molecule has 0 saturated carbocycles. The van der Waals surface area contributed by atoms with Crippen molar-refractivity contribution in [1.29, 1.82) is 0 Å². The SMILES string of the molecule is CCON=CC(C)O. The van der Waals surface area contributed by atoms with Crippen LogP contribution in [0.2, 0.25) is 0 Å². The van der Waals surface area contributed by atoms with Gasteiger partial charge in [-0.3, -0.25) is 0 Å². The van der Waals surface area contributed by atoms with E-state index in [9.17, 15) is 0 Å². The lowest BCUT2D eigenvalue weighted by Gasteiger charge is -1.92. The van der Waals surface area contributed by atoms with Crippen molar-refractivity contribution in [3.63, 3.8) is 0 Å². The molecule has 0 heterocycles. The zero-order chi connectivity index (χ0) is 6.41. The highest BCUT2D eigenvalue weighted by molar-refractivity contribution is 5.61. The summed E-state index contributed by atoms with van der Waals surface area (Å²) in [6.45, 7) is 3.99. The van der Waals surface area contributed by atoms with Gasteiger partial charge in [0.1, 0.15) is 6.61 Å². The van der Waals surface area contributed by atoms with E-state index in [1.165, 1.54) is 6.21 Å². The normalized spacial score (nSPS) is 14.4. The lowest BCUT2D eigenvalue weighted by Crippen LogP contribution is -2.00. The zero-order valence-corrected chi connectivity index (χ0v) is 5.16. The van der Waals surface area contributed by atoms with Crippen molar-refractivity contribution in [2.45, 2.75) is 20.0 Å². The molecule has 8 heavy (non-hydrogen) atoms. The van der Waals surface area contributed by atoms with Crippen LogP contribution in [0.5, 0.6) is 0 Å². The molecule has 0 saturated heterocycles. The topological polar surface area (TPSA) is 41.8 Å². The molecule has 0 amide bonds. The summed E-state index contributed by atoms with van der Waals surface area (Å²) < 4.78 is 0. The second-order valence-corrected chi connectivity index (χ2v) is 1.41. The van der Waals surface area contributed by atoms with Crippen molar-refractivity contribution in [3.05, 3.63) is 0 Å². The second kappa shape index (κ2) is 4.59. The fraction of sp³-hybridized carbons (Fsp3) is 0.800. The Balaban J connectivity index is 3.07. The van der Waals surface area contributed by atoms with Crippen molar-refractivity contribution in [3.8, 4) is 0 Å². The molecule has 0 aromatic heterocycles. The predicted octanol–water partition coefficient (Wildman–Crippen LogP) is 0.390. The van der Waals surface area contributed by atoms with Crippen LogP contribution in [0, 0.1) is 0 Å². The Labute approximate surface area is 49.0 Å². The van der Waals surface area contributed by atoms with Crippen LogP contribution in [0.15, 0.2) is 5.16 Å². The van der Waals surface area contributed by atoms with Gasteiger partial charge in [-0.05, 0) is 13.8 Å². The fourth-order valence-electron chi connectivity index (χ4n) is 0.206. The Morgan fingerprint density at radius 1 is 1.88 bits per heavy atom. The van der Waals surface area contributed by atoms with Crippen molar-refractivity contribution >= 4 is 6.21 Å². The van der Waals surface area contributed by atoms with Gasteiger partial charge >= 0.3 is 0 Å². The number of aliphatic hydroxyl groups excluding tert-OH is 1. The molecule has 0 bridgehead atoms. The maximum atomic E-state index is 8.55. The summed E-state index contributed by atoms with van der Waals surface area (Å²) in [4.78, 5) is 4.55. The van der Waals surface area contributed by atoms with E-state index in [0.717, 1.165) is 0 Å². The van der Waals surface area contributed by atoms with Crippen LogP contribution in [-0.4, -0.2) is 24.0 Å². The summed E-state index contributed by atoms with van der Waals surface area (Å²) in [5.41, 5.74) is 0. The summed E-state index contributed by atoms with van der Waals surface area (Å²) in [5, 5.41) is 12.0. The Kier molecular flexibility index (Phi) is 4.26. The van der Waals surface area contributed by atoms with E-state index in [1.807, 2.05) is 6.92 Å². The third kappa shape index (κ3) is 5.43. The molecule has 0 aliphatic carbocycles. The second-order valence-electron chi connectivity index (χ2n) is 1.41. The Morgan fingerprint density at radius 2 is 2.50 bits per heavy atom. The number of nitrogens with zero attached hydrogens (tertiary/aromatic N) is 1. The maximum absolute atomic E-state index is 8.55. The summed E-state index contributed by atoms with van der Waals surface area (Å²) in [6.07, 6.45) is 0.824. The quantitative estimate of drug-likeness (QED) is 0.429. The highest BCUT2D eigenvalue weighted by Crippen LogP contribution is 1.75. The standard InChI is InChI=1S/C5H11NO2/c1-3-8-6-4-5(2)7/h4-5,7H,3H2,1-2H3. The van der Waals surface area contributed by atoms with Crippen LogP contribution in [0.4, 0.5) is 0 Å². The van der Waals surface area contributed by atoms with Gasteiger partial charge in [0.15, 0.2) is 0 Å². The molecule has 1 N–H and O–H groups in total. The summed E-state index contributed by atoms with van der Waals surface area (Å²) >= 11 is 0. The smallest absolute Gasteiger partial charge is 0.114 e. The summed E-state index contributed by atoms with van der Waals surface area (Å²) in [5.74, 6) is 0. The Morgan fingerprint density at radius 3 is 2.88 bits per heavy atom. The van der Waals surface area contributed by atoms with Crippen molar-refractivity contribution in [1.82, 2.24) is 0 Å². The van der Waals surface area contributed by atoms with Gasteiger partial charge in [0, 0.05) is 0 Å². The molecule has 48 valence electrons. The highest BCUT2D eigenvalue weighted by Gasteiger charge is 1.83. The van der Waals surface area contributed by atoms with E-state index in [2.05, 4.69) is 9.99 Å². The van der Waals surface area contributed by atoms with Gasteiger partial charge in [0.2, 0.25) is 0 Å². The van der Waals surface area contributed by atoms with Crippen LogP contribution in [0.3, 0.4) is 0 Å². The van der Waals surface area contributed by atoms with Crippen molar-refractivity contribution in [2.24, 2.45) is 5.16 Å². The minimum atomic E-state index is -0.512. The van der Waals surface area contributed by atoms with E-state index < -0.39 is 6.10 Å². The summed E-state index contributed by atoms with van der Waals surface area (Å²) in [7, 11) is 0. The number of hydrogen-bond donors (Lipinski definition) is 1. The third-order valence-electron chi connectivity index (χ3n) is 0.480. The van der Waals surface area contributed by atoms with Gasteiger partial charge in [0.05, 0.1) is 12.3 Å². The lowest BCUT2D eigenvalue weighted by atomic mass is 10.5.